The summed E-state index contributed by atoms with van der Waals surface area (Å²) in [6.07, 6.45) is 0. The molecule has 64 heavy (non-hydrogen) atoms. The van der Waals surface area contributed by atoms with Crippen molar-refractivity contribution in [2.24, 2.45) is 0 Å². The first-order valence-electron chi connectivity index (χ1n) is 22.0. The third-order valence-corrected chi connectivity index (χ3v) is 15.1. The van der Waals surface area contributed by atoms with E-state index in [9.17, 15) is 0 Å². The normalized spacial score (nSPS) is 13.1. The van der Waals surface area contributed by atoms with E-state index in [1.807, 2.05) is 11.3 Å². The van der Waals surface area contributed by atoms with Crippen LogP contribution in [0.5, 0.6) is 0 Å². The van der Waals surface area contributed by atoms with Crippen LogP contribution in [0.3, 0.4) is 0 Å². The van der Waals surface area contributed by atoms with Crippen LogP contribution in [-0.2, 0) is 5.41 Å². The van der Waals surface area contributed by atoms with Crippen LogP contribution < -0.4 is 4.90 Å². The third kappa shape index (κ3) is 4.90. The molecule has 12 aromatic rings. The van der Waals surface area contributed by atoms with Crippen LogP contribution in [0.4, 0.5) is 17.1 Å². The molecule has 3 heteroatoms. The van der Waals surface area contributed by atoms with Crippen LogP contribution in [0, 0.1) is 0 Å². The Morgan fingerprint density at radius 3 is 1.67 bits per heavy atom. The lowest BCUT2D eigenvalue weighted by Gasteiger charge is -2.33. The van der Waals surface area contributed by atoms with Gasteiger partial charge in [0.05, 0.1) is 16.8 Å². The van der Waals surface area contributed by atoms with Crippen LogP contribution in [-0.4, -0.2) is 0 Å². The van der Waals surface area contributed by atoms with Gasteiger partial charge in [-0.25, -0.2) is 0 Å². The summed E-state index contributed by atoms with van der Waals surface area (Å²) in [7, 11) is 0. The number of para-hydroxylation sites is 2. The summed E-state index contributed by atoms with van der Waals surface area (Å²) >= 11 is 1.86. The molecule has 0 aliphatic heterocycles. The number of rotatable bonds is 5. The first kappa shape index (κ1) is 35.6. The molecular formula is C61H37NOS. The highest BCUT2D eigenvalue weighted by molar-refractivity contribution is 7.25. The quantitative estimate of drug-likeness (QED) is 0.172. The van der Waals surface area contributed by atoms with Crippen LogP contribution in [0.2, 0.25) is 0 Å². The minimum absolute atomic E-state index is 0.520. The number of hydrogen-bond donors (Lipinski definition) is 0. The Balaban J connectivity index is 1.12. The van der Waals surface area contributed by atoms with Crippen molar-refractivity contribution in [2.45, 2.75) is 5.41 Å². The molecule has 0 amide bonds. The van der Waals surface area contributed by atoms with Crippen molar-refractivity contribution in [3.8, 4) is 44.5 Å². The van der Waals surface area contributed by atoms with E-state index in [0.717, 1.165) is 44.6 Å². The molecule has 0 radical (unpaired) electrons. The standard InChI is InChI=1S/C61H37NOS/c1-2-15-38(16-3-1)39-29-32-41(33-30-39)62(55-26-14-22-47-45-20-7-12-27-57(45)63-60(47)55)56-37-54-49(36-48(56)40-31-34-59-50(35-40)46-21-8-13-28-58(46)64-59)44-19-6-11-25-53(44)61(54)51-23-9-4-17-42(51)43-18-5-10-24-52(43)61/h1-37H. The topological polar surface area (TPSA) is 16.4 Å². The Bertz CT molecular complexity index is 3810. The van der Waals surface area contributed by atoms with Crippen molar-refractivity contribution >= 4 is 70.5 Å². The average molecular weight is 832 g/mol. The summed E-state index contributed by atoms with van der Waals surface area (Å²) in [5.41, 5.74) is 19.4. The highest BCUT2D eigenvalue weighted by atomic mass is 32.1. The number of hydrogen-bond acceptors (Lipinski definition) is 3. The molecule has 298 valence electrons. The Kier molecular flexibility index (Phi) is 7.51. The minimum atomic E-state index is -0.520. The smallest absolute Gasteiger partial charge is 0.159 e. The number of anilines is 3. The number of benzene rings is 10. The summed E-state index contributed by atoms with van der Waals surface area (Å²) in [6.45, 7) is 0. The molecule has 0 bridgehead atoms. The molecule has 0 atom stereocenters. The Morgan fingerprint density at radius 1 is 0.344 bits per heavy atom. The Morgan fingerprint density at radius 2 is 0.922 bits per heavy atom. The molecule has 1 spiro atoms. The summed E-state index contributed by atoms with van der Waals surface area (Å²) in [6, 6.07) is 82.9. The van der Waals surface area contributed by atoms with Gasteiger partial charge in [0, 0.05) is 42.2 Å². The van der Waals surface area contributed by atoms with E-state index in [2.05, 4.69) is 229 Å². The largest absolute Gasteiger partial charge is 0.454 e. The predicted octanol–water partition coefficient (Wildman–Crippen LogP) is 17.1. The molecule has 0 unspecified atom stereocenters. The first-order valence-corrected chi connectivity index (χ1v) is 22.8. The molecule has 2 nitrogen and oxygen atoms in total. The van der Waals surface area contributed by atoms with Gasteiger partial charge in [0.2, 0.25) is 0 Å². The van der Waals surface area contributed by atoms with Gasteiger partial charge in [-0.1, -0.05) is 170 Å². The molecule has 0 saturated heterocycles. The second-order valence-electron chi connectivity index (χ2n) is 17.1. The predicted molar refractivity (Wildman–Crippen MR) is 268 cm³/mol. The number of fused-ring (bicyclic) bond motifs is 16. The fraction of sp³-hybridized carbons (Fsp3) is 0.0164. The average Bonchev–Trinajstić information content (AvgIpc) is 4.10. The van der Waals surface area contributed by atoms with Gasteiger partial charge in [0.15, 0.2) is 5.58 Å². The van der Waals surface area contributed by atoms with Crippen molar-refractivity contribution in [3.63, 3.8) is 0 Å². The van der Waals surface area contributed by atoms with Crippen LogP contribution in [0.25, 0.3) is 86.6 Å². The molecule has 2 aliphatic carbocycles. The molecule has 2 aromatic heterocycles. The van der Waals surface area contributed by atoms with E-state index < -0.39 is 5.41 Å². The lowest BCUT2D eigenvalue weighted by molar-refractivity contribution is 0.669. The minimum Gasteiger partial charge on any atom is -0.454 e. The van der Waals surface area contributed by atoms with Crippen molar-refractivity contribution in [2.75, 3.05) is 4.90 Å². The molecule has 0 saturated carbocycles. The lowest BCUT2D eigenvalue weighted by Crippen LogP contribution is -2.26. The van der Waals surface area contributed by atoms with Gasteiger partial charge in [-0.2, -0.15) is 0 Å². The highest BCUT2D eigenvalue weighted by Crippen LogP contribution is 2.64. The number of nitrogens with zero attached hydrogens (tertiary/aromatic N) is 1. The maximum atomic E-state index is 6.93. The Labute approximate surface area is 374 Å². The van der Waals surface area contributed by atoms with E-state index in [0.29, 0.717) is 0 Å². The molecule has 2 heterocycles. The van der Waals surface area contributed by atoms with E-state index in [4.69, 9.17) is 4.42 Å². The molecule has 14 rings (SSSR count). The molecule has 0 fully saturated rings. The summed E-state index contributed by atoms with van der Waals surface area (Å²) in [4.78, 5) is 2.47. The van der Waals surface area contributed by atoms with Gasteiger partial charge in [0.25, 0.3) is 0 Å². The zero-order valence-electron chi connectivity index (χ0n) is 34.6. The second-order valence-corrected chi connectivity index (χ2v) is 18.2. The first-order chi connectivity index (χ1) is 31.7. The van der Waals surface area contributed by atoms with E-state index >= 15 is 0 Å². The number of thiophene rings is 1. The fourth-order valence-electron chi connectivity index (χ4n) is 11.2. The molecule has 10 aromatic carbocycles. The summed E-state index contributed by atoms with van der Waals surface area (Å²) in [5, 5.41) is 4.76. The van der Waals surface area contributed by atoms with E-state index in [1.165, 1.54) is 81.4 Å². The zero-order chi connectivity index (χ0) is 41.9. The van der Waals surface area contributed by atoms with Gasteiger partial charge in [-0.05, 0) is 116 Å². The highest BCUT2D eigenvalue weighted by Gasteiger charge is 2.52. The van der Waals surface area contributed by atoms with Crippen molar-refractivity contribution in [1.29, 1.82) is 0 Å². The maximum absolute atomic E-state index is 6.93. The van der Waals surface area contributed by atoms with Gasteiger partial charge < -0.3 is 9.32 Å². The van der Waals surface area contributed by atoms with Gasteiger partial charge in [-0.15, -0.1) is 11.3 Å². The molecule has 2 aliphatic rings. The van der Waals surface area contributed by atoms with Crippen LogP contribution in [0.15, 0.2) is 229 Å². The van der Waals surface area contributed by atoms with Crippen LogP contribution in [0.1, 0.15) is 22.3 Å². The molecule has 0 N–H and O–H groups in total. The SMILES string of the molecule is c1ccc(-c2ccc(N(c3cc4c(cc3-c3ccc5sc6ccccc6c5c3)-c3ccccc3C43c4ccccc4-c4ccccc43)c3cccc4c3oc3ccccc34)cc2)cc1. The van der Waals surface area contributed by atoms with Gasteiger partial charge >= 0.3 is 0 Å². The number of furan rings is 1. The zero-order valence-corrected chi connectivity index (χ0v) is 35.4. The summed E-state index contributed by atoms with van der Waals surface area (Å²) in [5.74, 6) is 0. The van der Waals surface area contributed by atoms with Crippen molar-refractivity contribution in [1.82, 2.24) is 0 Å². The second kappa shape index (κ2) is 13.5. The van der Waals surface area contributed by atoms with Gasteiger partial charge in [-0.3, -0.25) is 0 Å². The lowest BCUT2D eigenvalue weighted by atomic mass is 9.70. The maximum Gasteiger partial charge on any atom is 0.159 e. The summed E-state index contributed by atoms with van der Waals surface area (Å²) < 4.78 is 9.52. The Hall–Kier alpha value is -7.98. The molecular weight excluding hydrogens is 795 g/mol. The van der Waals surface area contributed by atoms with Crippen LogP contribution >= 0.6 is 11.3 Å². The van der Waals surface area contributed by atoms with E-state index in [1.54, 1.807) is 0 Å². The third-order valence-electron chi connectivity index (χ3n) is 13.9. The monoisotopic (exact) mass is 831 g/mol. The fourth-order valence-corrected chi connectivity index (χ4v) is 12.3. The van der Waals surface area contributed by atoms with Gasteiger partial charge in [0.1, 0.15) is 5.58 Å². The van der Waals surface area contributed by atoms with E-state index in [-0.39, 0.29) is 0 Å². The van der Waals surface area contributed by atoms with Crippen molar-refractivity contribution < 1.29 is 4.42 Å². The van der Waals surface area contributed by atoms with Crippen molar-refractivity contribution in [3.05, 3.63) is 247 Å².